The number of nitrogens with one attached hydrogen (secondary N) is 1. The van der Waals surface area contributed by atoms with E-state index in [2.05, 4.69) is 12.2 Å². The third-order valence-electron chi connectivity index (χ3n) is 6.41. The van der Waals surface area contributed by atoms with Gasteiger partial charge in [-0.2, -0.15) is 0 Å². The number of carbonyl (C=O) groups excluding carboxylic acids is 4. The van der Waals surface area contributed by atoms with Crippen LogP contribution in [0.2, 0.25) is 0 Å². The van der Waals surface area contributed by atoms with Crippen molar-refractivity contribution < 1.29 is 23.9 Å². The molecule has 3 fully saturated rings. The Labute approximate surface area is 160 Å². The summed E-state index contributed by atoms with van der Waals surface area (Å²) in [6.45, 7) is 3.23. The van der Waals surface area contributed by atoms with Crippen LogP contribution >= 0.6 is 0 Å². The van der Waals surface area contributed by atoms with Gasteiger partial charge in [-0.3, -0.25) is 19.3 Å². The normalized spacial score (nSPS) is 32.0. The number of fused-ring (bicyclic) bond motifs is 1. The van der Waals surface area contributed by atoms with Gasteiger partial charge in [-0.15, -0.1) is 0 Å². The molecule has 5 atom stereocenters. The zero-order chi connectivity index (χ0) is 19.6. The van der Waals surface area contributed by atoms with Crippen molar-refractivity contribution in [3.8, 4) is 0 Å². The van der Waals surface area contributed by atoms with E-state index in [0.717, 1.165) is 37.0 Å². The Morgan fingerprint density at radius 2 is 1.59 bits per heavy atom. The van der Waals surface area contributed by atoms with Gasteiger partial charge in [0.1, 0.15) is 6.04 Å². The molecule has 1 saturated heterocycles. The molecule has 0 unspecified atom stereocenters. The summed E-state index contributed by atoms with van der Waals surface area (Å²) in [5, 5.41) is 2.93. The van der Waals surface area contributed by atoms with Crippen molar-refractivity contribution in [2.45, 2.75) is 77.3 Å². The number of likely N-dealkylation sites (tertiary alicyclic amines) is 1. The van der Waals surface area contributed by atoms with E-state index in [1.54, 1.807) is 0 Å². The molecule has 2 saturated carbocycles. The van der Waals surface area contributed by atoms with Gasteiger partial charge in [-0.1, -0.05) is 32.6 Å². The van der Waals surface area contributed by atoms with Crippen molar-refractivity contribution in [1.29, 1.82) is 0 Å². The van der Waals surface area contributed by atoms with Crippen molar-refractivity contribution in [1.82, 2.24) is 10.2 Å². The summed E-state index contributed by atoms with van der Waals surface area (Å²) >= 11 is 0. The number of esters is 1. The lowest BCUT2D eigenvalue weighted by Crippen LogP contribution is -2.46. The number of carbonyl (C=O) groups is 4. The van der Waals surface area contributed by atoms with E-state index >= 15 is 0 Å². The van der Waals surface area contributed by atoms with Crippen LogP contribution in [0.25, 0.3) is 0 Å². The molecule has 0 radical (unpaired) electrons. The van der Waals surface area contributed by atoms with Crippen LogP contribution in [-0.4, -0.2) is 47.3 Å². The van der Waals surface area contributed by atoms with Crippen LogP contribution in [0, 0.1) is 17.8 Å². The third kappa shape index (κ3) is 4.17. The highest BCUT2D eigenvalue weighted by molar-refractivity contribution is 6.07. The van der Waals surface area contributed by atoms with Crippen molar-refractivity contribution in [3.05, 3.63) is 0 Å². The van der Waals surface area contributed by atoms with Gasteiger partial charge < -0.3 is 10.1 Å². The molecule has 27 heavy (non-hydrogen) atoms. The van der Waals surface area contributed by atoms with Gasteiger partial charge in [0, 0.05) is 6.04 Å². The fraction of sp³-hybridized carbons (Fsp3) is 0.800. The number of imide groups is 1. The second-order valence-electron chi connectivity index (χ2n) is 8.26. The fourth-order valence-corrected chi connectivity index (χ4v) is 4.71. The SMILES string of the molecule is C[C@@H]1CCCC[C@H]1NC(=O)COC(=O)[C@H](C)N1C(=O)[C@H]2CCCC[C@H]2C1=O. The van der Waals surface area contributed by atoms with Crippen LogP contribution in [0.5, 0.6) is 0 Å². The van der Waals surface area contributed by atoms with Gasteiger partial charge in [0.25, 0.3) is 5.91 Å². The van der Waals surface area contributed by atoms with E-state index in [-0.39, 0.29) is 42.2 Å². The van der Waals surface area contributed by atoms with Crippen LogP contribution in [0.15, 0.2) is 0 Å². The Balaban J connectivity index is 1.51. The summed E-state index contributed by atoms with van der Waals surface area (Å²) in [6.07, 6.45) is 7.58. The maximum Gasteiger partial charge on any atom is 0.329 e. The van der Waals surface area contributed by atoms with Crippen LogP contribution in [0.3, 0.4) is 0 Å². The quantitative estimate of drug-likeness (QED) is 0.582. The molecule has 1 heterocycles. The fourth-order valence-electron chi connectivity index (χ4n) is 4.71. The molecule has 3 rings (SSSR count). The number of hydrogen-bond acceptors (Lipinski definition) is 5. The van der Waals surface area contributed by atoms with Crippen LogP contribution in [0.4, 0.5) is 0 Å². The lowest BCUT2D eigenvalue weighted by Gasteiger charge is -2.29. The molecule has 0 spiro atoms. The van der Waals surface area contributed by atoms with Gasteiger partial charge >= 0.3 is 5.97 Å². The maximum absolute atomic E-state index is 12.6. The Morgan fingerprint density at radius 3 is 2.19 bits per heavy atom. The van der Waals surface area contributed by atoms with Crippen molar-refractivity contribution in [2.24, 2.45) is 17.8 Å². The molecule has 0 bridgehead atoms. The minimum atomic E-state index is -0.989. The molecule has 7 nitrogen and oxygen atoms in total. The molecule has 150 valence electrons. The highest BCUT2D eigenvalue weighted by atomic mass is 16.5. The smallest absolute Gasteiger partial charge is 0.329 e. The Kier molecular flexibility index (Phi) is 6.17. The number of rotatable bonds is 5. The summed E-state index contributed by atoms with van der Waals surface area (Å²) < 4.78 is 5.11. The largest absolute Gasteiger partial charge is 0.454 e. The first-order chi connectivity index (χ1) is 12.9. The van der Waals surface area contributed by atoms with E-state index in [9.17, 15) is 19.2 Å². The standard InChI is InChI=1S/C20H30N2O5/c1-12-7-3-6-10-16(12)21-17(23)11-27-20(26)13(2)22-18(24)14-8-4-5-9-15(14)19(22)25/h12-16H,3-11H2,1-2H3,(H,21,23)/t12-,13+,14-,15+,16-/m1/s1. The molecule has 2 aliphatic carbocycles. The van der Waals surface area contributed by atoms with Gasteiger partial charge in [0.2, 0.25) is 11.8 Å². The van der Waals surface area contributed by atoms with E-state index < -0.39 is 12.0 Å². The zero-order valence-electron chi connectivity index (χ0n) is 16.2. The minimum Gasteiger partial charge on any atom is -0.454 e. The van der Waals surface area contributed by atoms with Crippen molar-refractivity contribution >= 4 is 23.7 Å². The molecule has 0 aromatic carbocycles. The molecule has 1 aliphatic heterocycles. The molecule has 0 aromatic rings. The number of amides is 3. The summed E-state index contributed by atoms with van der Waals surface area (Å²) in [7, 11) is 0. The van der Waals surface area contributed by atoms with E-state index in [1.807, 2.05) is 0 Å². The molecule has 0 aromatic heterocycles. The summed E-state index contributed by atoms with van der Waals surface area (Å²) in [4.78, 5) is 50.6. The Morgan fingerprint density at radius 1 is 1.04 bits per heavy atom. The van der Waals surface area contributed by atoms with Gasteiger partial charge in [0.15, 0.2) is 6.61 Å². The van der Waals surface area contributed by atoms with Crippen LogP contribution in [0.1, 0.15) is 65.2 Å². The van der Waals surface area contributed by atoms with Crippen molar-refractivity contribution in [2.75, 3.05) is 6.61 Å². The second-order valence-corrected chi connectivity index (χ2v) is 8.26. The van der Waals surface area contributed by atoms with Crippen LogP contribution in [-0.2, 0) is 23.9 Å². The highest BCUT2D eigenvalue weighted by Crippen LogP contribution is 2.38. The monoisotopic (exact) mass is 378 g/mol. The Hall–Kier alpha value is -1.92. The minimum absolute atomic E-state index is 0.118. The first kappa shape index (κ1) is 19.8. The number of ether oxygens (including phenoxy) is 1. The summed E-state index contributed by atoms with van der Waals surface area (Å²) in [5.41, 5.74) is 0. The maximum atomic E-state index is 12.6. The van der Waals surface area contributed by atoms with E-state index in [0.29, 0.717) is 18.8 Å². The number of hydrogen-bond donors (Lipinski definition) is 1. The molecule has 3 amide bonds. The van der Waals surface area contributed by atoms with E-state index in [4.69, 9.17) is 4.74 Å². The second kappa shape index (κ2) is 8.40. The lowest BCUT2D eigenvalue weighted by molar-refractivity contribution is -0.159. The van der Waals surface area contributed by atoms with Crippen molar-refractivity contribution in [3.63, 3.8) is 0 Å². The Bertz CT molecular complexity index is 595. The lowest BCUT2D eigenvalue weighted by atomic mass is 9.81. The predicted octanol–water partition coefficient (Wildman–Crippen LogP) is 1.79. The van der Waals surface area contributed by atoms with Gasteiger partial charge in [-0.05, 0) is 38.5 Å². The molecular weight excluding hydrogens is 348 g/mol. The average Bonchev–Trinajstić information content (AvgIpc) is 2.92. The first-order valence-electron chi connectivity index (χ1n) is 10.2. The van der Waals surface area contributed by atoms with Gasteiger partial charge in [-0.25, -0.2) is 4.79 Å². The zero-order valence-corrected chi connectivity index (χ0v) is 16.2. The summed E-state index contributed by atoms with van der Waals surface area (Å²) in [6, 6.07) is -0.871. The molecule has 3 aliphatic rings. The average molecular weight is 378 g/mol. The number of nitrogens with zero attached hydrogens (tertiary/aromatic N) is 1. The summed E-state index contributed by atoms with van der Waals surface area (Å²) in [5.74, 6) is -1.75. The predicted molar refractivity (Wildman–Crippen MR) is 97.3 cm³/mol. The molecular formula is C20H30N2O5. The third-order valence-corrected chi connectivity index (χ3v) is 6.41. The van der Waals surface area contributed by atoms with Crippen LogP contribution < -0.4 is 5.32 Å². The topological polar surface area (TPSA) is 92.8 Å². The van der Waals surface area contributed by atoms with E-state index in [1.165, 1.54) is 13.3 Å². The highest BCUT2D eigenvalue weighted by Gasteiger charge is 2.51. The molecule has 1 N–H and O–H groups in total. The van der Waals surface area contributed by atoms with Gasteiger partial charge in [0.05, 0.1) is 11.8 Å². The molecule has 7 heteroatoms. The first-order valence-corrected chi connectivity index (χ1v) is 10.2.